The molecule has 0 aromatic rings. The van der Waals surface area contributed by atoms with Crippen LogP contribution in [-0.2, 0) is 9.53 Å². The lowest BCUT2D eigenvalue weighted by atomic mass is 9.73. The molecule has 0 radical (unpaired) electrons. The second kappa shape index (κ2) is 2.81. The van der Waals surface area contributed by atoms with Gasteiger partial charge < -0.3 is 10.5 Å². The molecule has 1 aliphatic rings. The molecule has 1 heterocycles. The van der Waals surface area contributed by atoms with Crippen molar-refractivity contribution in [3.63, 3.8) is 0 Å². The molecular weight excluding hydrogens is 142 g/mol. The number of primary amides is 1. The lowest BCUT2D eigenvalue weighted by molar-refractivity contribution is -0.194. The fraction of sp³-hybridized carbons (Fsp3) is 0.875. The summed E-state index contributed by atoms with van der Waals surface area (Å²) in [6.45, 7) is 4.83. The summed E-state index contributed by atoms with van der Waals surface area (Å²) in [5.41, 5.74) is 5.21. The molecule has 3 heteroatoms. The topological polar surface area (TPSA) is 52.3 Å². The summed E-state index contributed by atoms with van der Waals surface area (Å²) in [7, 11) is 0. The van der Waals surface area contributed by atoms with Crippen LogP contribution in [0, 0.1) is 5.41 Å². The van der Waals surface area contributed by atoms with Crippen LogP contribution < -0.4 is 5.73 Å². The van der Waals surface area contributed by atoms with Crippen molar-refractivity contribution >= 4 is 5.91 Å². The Bertz CT molecular complexity index is 158. The lowest BCUT2D eigenvalue weighted by Gasteiger charge is -2.46. The van der Waals surface area contributed by atoms with Crippen LogP contribution in [-0.4, -0.2) is 18.6 Å². The minimum atomic E-state index is -0.336. The van der Waals surface area contributed by atoms with Gasteiger partial charge in [-0.15, -0.1) is 0 Å². The van der Waals surface area contributed by atoms with Crippen molar-refractivity contribution in [2.75, 3.05) is 6.61 Å². The first-order valence-electron chi connectivity index (χ1n) is 4.07. The molecule has 64 valence electrons. The van der Waals surface area contributed by atoms with E-state index in [0.29, 0.717) is 6.61 Å². The van der Waals surface area contributed by atoms with Gasteiger partial charge in [-0.3, -0.25) is 4.79 Å². The van der Waals surface area contributed by atoms with Crippen LogP contribution >= 0.6 is 0 Å². The smallest absolute Gasteiger partial charge is 0.247 e. The van der Waals surface area contributed by atoms with Gasteiger partial charge in [0.2, 0.25) is 5.91 Å². The van der Waals surface area contributed by atoms with E-state index in [1.807, 2.05) is 0 Å². The fourth-order valence-corrected chi connectivity index (χ4v) is 1.61. The molecule has 1 saturated heterocycles. The quantitative estimate of drug-likeness (QED) is 0.654. The molecule has 0 spiro atoms. The summed E-state index contributed by atoms with van der Waals surface area (Å²) in [6, 6.07) is 0. The highest BCUT2D eigenvalue weighted by Gasteiger charge is 2.48. The normalized spacial score (nSPS) is 27.6. The molecule has 0 aromatic carbocycles. The molecule has 0 bridgehead atoms. The molecule has 0 aromatic heterocycles. The van der Waals surface area contributed by atoms with Gasteiger partial charge in [-0.05, 0) is 12.8 Å². The highest BCUT2D eigenvalue weighted by Crippen LogP contribution is 2.40. The van der Waals surface area contributed by atoms with Gasteiger partial charge in [-0.1, -0.05) is 13.8 Å². The van der Waals surface area contributed by atoms with E-state index in [9.17, 15) is 4.79 Å². The predicted molar refractivity (Wildman–Crippen MR) is 41.9 cm³/mol. The molecule has 1 amide bonds. The van der Waals surface area contributed by atoms with E-state index in [2.05, 4.69) is 13.8 Å². The Hall–Kier alpha value is -0.570. The van der Waals surface area contributed by atoms with Gasteiger partial charge in [0.05, 0.1) is 6.61 Å². The zero-order chi connectivity index (χ0) is 8.48. The second-order valence-corrected chi connectivity index (χ2v) is 3.16. The third kappa shape index (κ3) is 1.13. The summed E-state index contributed by atoms with van der Waals surface area (Å²) in [5, 5.41) is 0. The Morgan fingerprint density at radius 1 is 1.64 bits per heavy atom. The Morgan fingerprint density at radius 2 is 2.18 bits per heavy atom. The van der Waals surface area contributed by atoms with Crippen LogP contribution in [0.2, 0.25) is 0 Å². The molecular formula is C8H15NO2. The van der Waals surface area contributed by atoms with Gasteiger partial charge >= 0.3 is 0 Å². The van der Waals surface area contributed by atoms with E-state index >= 15 is 0 Å². The SMILES string of the molecule is CCC1(CC)COC1C(N)=O. The van der Waals surface area contributed by atoms with Gasteiger partial charge in [-0.25, -0.2) is 0 Å². The summed E-state index contributed by atoms with van der Waals surface area (Å²) >= 11 is 0. The van der Waals surface area contributed by atoms with Crippen LogP contribution in [0.3, 0.4) is 0 Å². The Labute approximate surface area is 66.9 Å². The van der Waals surface area contributed by atoms with Crippen molar-refractivity contribution in [2.45, 2.75) is 32.8 Å². The van der Waals surface area contributed by atoms with Crippen molar-refractivity contribution in [3.8, 4) is 0 Å². The monoisotopic (exact) mass is 157 g/mol. The molecule has 1 atom stereocenters. The number of hydrogen-bond donors (Lipinski definition) is 1. The Balaban J connectivity index is 2.64. The molecule has 0 aliphatic carbocycles. The number of amides is 1. The molecule has 1 aliphatic heterocycles. The summed E-state index contributed by atoms with van der Waals surface area (Å²) in [5.74, 6) is -0.319. The number of rotatable bonds is 3. The molecule has 0 saturated carbocycles. The summed E-state index contributed by atoms with van der Waals surface area (Å²) < 4.78 is 5.12. The second-order valence-electron chi connectivity index (χ2n) is 3.16. The first kappa shape index (κ1) is 8.53. The molecule has 11 heavy (non-hydrogen) atoms. The maximum atomic E-state index is 10.8. The Kier molecular flexibility index (Phi) is 2.18. The van der Waals surface area contributed by atoms with Gasteiger partial charge in [0, 0.05) is 5.41 Å². The van der Waals surface area contributed by atoms with Crippen LogP contribution in [0.25, 0.3) is 0 Å². The summed E-state index contributed by atoms with van der Waals surface area (Å²) in [6.07, 6.45) is 1.60. The van der Waals surface area contributed by atoms with Gasteiger partial charge in [-0.2, -0.15) is 0 Å². The highest BCUT2D eigenvalue weighted by atomic mass is 16.5. The molecule has 1 unspecified atom stereocenters. The van der Waals surface area contributed by atoms with Crippen molar-refractivity contribution in [1.29, 1.82) is 0 Å². The molecule has 2 N–H and O–H groups in total. The zero-order valence-corrected chi connectivity index (χ0v) is 7.09. The highest BCUT2D eigenvalue weighted by molar-refractivity contribution is 5.80. The van der Waals surface area contributed by atoms with Gasteiger partial charge in [0.25, 0.3) is 0 Å². The number of nitrogens with two attached hydrogens (primary N) is 1. The van der Waals surface area contributed by atoms with Crippen LogP contribution in [0.4, 0.5) is 0 Å². The zero-order valence-electron chi connectivity index (χ0n) is 7.09. The third-order valence-corrected chi connectivity index (χ3v) is 2.76. The minimum Gasteiger partial charge on any atom is -0.367 e. The van der Waals surface area contributed by atoms with E-state index in [1.165, 1.54) is 0 Å². The lowest BCUT2D eigenvalue weighted by Crippen LogP contribution is -2.57. The van der Waals surface area contributed by atoms with Crippen LogP contribution in [0.15, 0.2) is 0 Å². The average Bonchev–Trinajstić information content (AvgIpc) is 1.87. The van der Waals surface area contributed by atoms with Crippen molar-refractivity contribution < 1.29 is 9.53 Å². The van der Waals surface area contributed by atoms with Crippen molar-refractivity contribution in [2.24, 2.45) is 11.1 Å². The fourth-order valence-electron chi connectivity index (χ4n) is 1.61. The first-order chi connectivity index (χ1) is 5.16. The van der Waals surface area contributed by atoms with Crippen LogP contribution in [0.1, 0.15) is 26.7 Å². The standard InChI is InChI=1S/C8H15NO2/c1-3-8(4-2)5-11-6(8)7(9)10/h6H,3-5H2,1-2H3,(H2,9,10). The first-order valence-corrected chi connectivity index (χ1v) is 4.07. The minimum absolute atomic E-state index is 0.0475. The number of hydrogen-bond acceptors (Lipinski definition) is 2. The van der Waals surface area contributed by atoms with E-state index in [4.69, 9.17) is 10.5 Å². The maximum Gasteiger partial charge on any atom is 0.247 e. The molecule has 1 fully saturated rings. The van der Waals surface area contributed by atoms with Crippen LogP contribution in [0.5, 0.6) is 0 Å². The van der Waals surface area contributed by atoms with Crippen molar-refractivity contribution in [3.05, 3.63) is 0 Å². The van der Waals surface area contributed by atoms with Gasteiger partial charge in [0.1, 0.15) is 6.10 Å². The average molecular weight is 157 g/mol. The maximum absolute atomic E-state index is 10.8. The molecule has 1 rings (SSSR count). The van der Waals surface area contributed by atoms with Crippen molar-refractivity contribution in [1.82, 2.24) is 0 Å². The Morgan fingerprint density at radius 3 is 2.27 bits per heavy atom. The molecule has 3 nitrogen and oxygen atoms in total. The summed E-state index contributed by atoms with van der Waals surface area (Å²) in [4.78, 5) is 10.8. The largest absolute Gasteiger partial charge is 0.367 e. The third-order valence-electron chi connectivity index (χ3n) is 2.76. The number of carbonyl (C=O) groups excluding carboxylic acids is 1. The van der Waals surface area contributed by atoms with Gasteiger partial charge in [0.15, 0.2) is 0 Å². The number of carbonyl (C=O) groups is 1. The predicted octanol–water partition coefficient (Wildman–Crippen LogP) is 0.677. The van der Waals surface area contributed by atoms with E-state index in [1.54, 1.807) is 0 Å². The number of ether oxygens (including phenoxy) is 1. The van der Waals surface area contributed by atoms with E-state index < -0.39 is 0 Å². The van der Waals surface area contributed by atoms with E-state index in [0.717, 1.165) is 12.8 Å². The van der Waals surface area contributed by atoms with E-state index in [-0.39, 0.29) is 17.4 Å².